The fraction of sp³-hybridized carbons (Fsp3) is 0.625. The van der Waals surface area contributed by atoms with Gasteiger partial charge in [0.1, 0.15) is 0 Å². The summed E-state index contributed by atoms with van der Waals surface area (Å²) in [5.41, 5.74) is 2.49. The summed E-state index contributed by atoms with van der Waals surface area (Å²) in [6, 6.07) is 0. The number of rotatable bonds is 4. The number of carbonyl (C=O) groups is 1. The van der Waals surface area contributed by atoms with Gasteiger partial charge in [0.2, 0.25) is 5.89 Å². The SMILES string of the molecule is CCCn1nc(C)c(C(=O)N2CC[C@@H](c3nc(C)no3)C2)c1C. The van der Waals surface area contributed by atoms with E-state index in [2.05, 4.69) is 22.2 Å². The molecule has 0 aliphatic carbocycles. The summed E-state index contributed by atoms with van der Waals surface area (Å²) in [6.45, 7) is 9.96. The molecule has 124 valence electrons. The van der Waals surface area contributed by atoms with Crippen molar-refractivity contribution in [2.24, 2.45) is 0 Å². The third-order valence-corrected chi connectivity index (χ3v) is 4.40. The monoisotopic (exact) mass is 317 g/mol. The number of aromatic nitrogens is 4. The summed E-state index contributed by atoms with van der Waals surface area (Å²) < 4.78 is 7.18. The molecule has 0 aromatic carbocycles. The molecular formula is C16H23N5O2. The molecule has 0 spiro atoms. The van der Waals surface area contributed by atoms with Crippen LogP contribution >= 0.6 is 0 Å². The summed E-state index contributed by atoms with van der Waals surface area (Å²) >= 11 is 0. The normalized spacial score (nSPS) is 17.9. The molecule has 3 heterocycles. The molecule has 1 aliphatic heterocycles. The van der Waals surface area contributed by atoms with Crippen LogP contribution in [0.4, 0.5) is 0 Å². The Kier molecular flexibility index (Phi) is 4.19. The first kappa shape index (κ1) is 15.7. The fourth-order valence-electron chi connectivity index (χ4n) is 3.22. The topological polar surface area (TPSA) is 77.1 Å². The van der Waals surface area contributed by atoms with Gasteiger partial charge in [-0.05, 0) is 33.6 Å². The summed E-state index contributed by atoms with van der Waals surface area (Å²) in [5.74, 6) is 1.46. The van der Waals surface area contributed by atoms with Crippen molar-refractivity contribution < 1.29 is 9.32 Å². The number of carbonyl (C=O) groups excluding carboxylic acids is 1. The van der Waals surface area contributed by atoms with E-state index in [0.29, 0.717) is 24.8 Å². The molecular weight excluding hydrogens is 294 g/mol. The van der Waals surface area contributed by atoms with Crippen molar-refractivity contribution in [3.8, 4) is 0 Å². The van der Waals surface area contributed by atoms with Gasteiger partial charge in [-0.1, -0.05) is 12.1 Å². The van der Waals surface area contributed by atoms with E-state index in [-0.39, 0.29) is 11.8 Å². The van der Waals surface area contributed by atoms with Crippen LogP contribution in [0.15, 0.2) is 4.52 Å². The van der Waals surface area contributed by atoms with Crippen LogP contribution in [-0.2, 0) is 6.54 Å². The van der Waals surface area contributed by atoms with Gasteiger partial charge in [-0.15, -0.1) is 0 Å². The Morgan fingerprint density at radius 2 is 2.13 bits per heavy atom. The van der Waals surface area contributed by atoms with E-state index in [1.165, 1.54) is 0 Å². The van der Waals surface area contributed by atoms with E-state index in [9.17, 15) is 4.79 Å². The largest absolute Gasteiger partial charge is 0.339 e. The molecule has 3 rings (SSSR count). The highest BCUT2D eigenvalue weighted by atomic mass is 16.5. The van der Waals surface area contributed by atoms with Crippen molar-refractivity contribution in [3.05, 3.63) is 28.7 Å². The molecule has 0 N–H and O–H groups in total. The van der Waals surface area contributed by atoms with E-state index in [1.54, 1.807) is 6.92 Å². The van der Waals surface area contributed by atoms with Gasteiger partial charge in [-0.25, -0.2) is 0 Å². The highest BCUT2D eigenvalue weighted by Gasteiger charge is 2.33. The van der Waals surface area contributed by atoms with Crippen molar-refractivity contribution in [2.45, 2.75) is 53.0 Å². The van der Waals surface area contributed by atoms with Gasteiger partial charge in [-0.3, -0.25) is 9.48 Å². The van der Waals surface area contributed by atoms with Crippen LogP contribution in [0.5, 0.6) is 0 Å². The second kappa shape index (κ2) is 6.14. The number of hydrogen-bond donors (Lipinski definition) is 0. The molecule has 7 heteroatoms. The Morgan fingerprint density at radius 1 is 1.35 bits per heavy atom. The first-order valence-corrected chi connectivity index (χ1v) is 8.14. The predicted octanol–water partition coefficient (Wildman–Crippen LogP) is 2.23. The molecule has 1 amide bonds. The molecule has 2 aromatic rings. The van der Waals surface area contributed by atoms with E-state index >= 15 is 0 Å². The zero-order valence-electron chi connectivity index (χ0n) is 14.2. The van der Waals surface area contributed by atoms with Crippen molar-refractivity contribution in [3.63, 3.8) is 0 Å². The highest BCUT2D eigenvalue weighted by molar-refractivity contribution is 5.96. The molecule has 1 fully saturated rings. The molecule has 0 bridgehead atoms. The molecule has 0 saturated carbocycles. The lowest BCUT2D eigenvalue weighted by molar-refractivity contribution is 0.0788. The lowest BCUT2D eigenvalue weighted by Crippen LogP contribution is -2.29. The molecule has 0 radical (unpaired) electrons. The van der Waals surface area contributed by atoms with Gasteiger partial charge in [0.15, 0.2) is 5.82 Å². The van der Waals surface area contributed by atoms with Crippen LogP contribution < -0.4 is 0 Å². The van der Waals surface area contributed by atoms with Crippen molar-refractivity contribution in [2.75, 3.05) is 13.1 Å². The number of amides is 1. The molecule has 23 heavy (non-hydrogen) atoms. The van der Waals surface area contributed by atoms with E-state index in [0.717, 1.165) is 36.3 Å². The molecule has 0 unspecified atom stereocenters. The summed E-state index contributed by atoms with van der Waals surface area (Å²) in [7, 11) is 0. The minimum absolute atomic E-state index is 0.0566. The highest BCUT2D eigenvalue weighted by Crippen LogP contribution is 2.28. The van der Waals surface area contributed by atoms with Gasteiger partial charge in [0.25, 0.3) is 5.91 Å². The Balaban J connectivity index is 1.77. The first-order valence-electron chi connectivity index (χ1n) is 8.14. The maximum atomic E-state index is 12.9. The van der Waals surface area contributed by atoms with Crippen LogP contribution in [0.3, 0.4) is 0 Å². The third kappa shape index (κ3) is 2.87. The predicted molar refractivity (Wildman–Crippen MR) is 84.3 cm³/mol. The molecule has 7 nitrogen and oxygen atoms in total. The first-order chi connectivity index (χ1) is 11.0. The van der Waals surface area contributed by atoms with Crippen molar-refractivity contribution in [1.82, 2.24) is 24.8 Å². The van der Waals surface area contributed by atoms with Gasteiger partial charge in [0.05, 0.1) is 17.2 Å². The van der Waals surface area contributed by atoms with Crippen LogP contribution in [0, 0.1) is 20.8 Å². The molecule has 1 aliphatic rings. The lowest BCUT2D eigenvalue weighted by Gasteiger charge is -2.16. The molecule has 1 atom stereocenters. The number of likely N-dealkylation sites (tertiary alicyclic amines) is 1. The number of hydrogen-bond acceptors (Lipinski definition) is 5. The van der Waals surface area contributed by atoms with E-state index in [1.807, 2.05) is 23.4 Å². The quantitative estimate of drug-likeness (QED) is 0.864. The zero-order chi connectivity index (χ0) is 16.6. The smallest absolute Gasteiger partial charge is 0.257 e. The number of nitrogens with zero attached hydrogens (tertiary/aromatic N) is 5. The second-order valence-electron chi connectivity index (χ2n) is 6.19. The minimum Gasteiger partial charge on any atom is -0.339 e. The summed E-state index contributed by atoms with van der Waals surface area (Å²) in [4.78, 5) is 19.1. The van der Waals surface area contributed by atoms with Gasteiger partial charge >= 0.3 is 0 Å². The van der Waals surface area contributed by atoms with Crippen molar-refractivity contribution in [1.29, 1.82) is 0 Å². The van der Waals surface area contributed by atoms with Crippen LogP contribution in [0.1, 0.15) is 59.1 Å². The Morgan fingerprint density at radius 3 is 2.78 bits per heavy atom. The standard InChI is InChI=1S/C16H23N5O2/c1-5-7-21-11(3)14(10(2)18-21)16(22)20-8-6-13(9-20)15-17-12(4)19-23-15/h13H,5-9H2,1-4H3/t13-/m1/s1. The van der Waals surface area contributed by atoms with Gasteiger partial charge in [-0.2, -0.15) is 10.1 Å². The Labute approximate surface area is 135 Å². The molecule has 1 saturated heterocycles. The fourth-order valence-corrected chi connectivity index (χ4v) is 3.22. The van der Waals surface area contributed by atoms with Gasteiger partial charge in [0, 0.05) is 25.3 Å². The number of aryl methyl sites for hydroxylation is 3. The Bertz CT molecular complexity index is 718. The van der Waals surface area contributed by atoms with Crippen LogP contribution in [0.25, 0.3) is 0 Å². The van der Waals surface area contributed by atoms with Crippen LogP contribution in [0.2, 0.25) is 0 Å². The average Bonchev–Trinajstić information content (AvgIpc) is 3.20. The molecule has 2 aromatic heterocycles. The summed E-state index contributed by atoms with van der Waals surface area (Å²) in [5, 5.41) is 8.34. The maximum absolute atomic E-state index is 12.9. The van der Waals surface area contributed by atoms with E-state index in [4.69, 9.17) is 4.52 Å². The Hall–Kier alpha value is -2.18. The minimum atomic E-state index is 0.0566. The van der Waals surface area contributed by atoms with Crippen LogP contribution in [-0.4, -0.2) is 43.8 Å². The average molecular weight is 317 g/mol. The zero-order valence-corrected chi connectivity index (χ0v) is 14.2. The van der Waals surface area contributed by atoms with Gasteiger partial charge < -0.3 is 9.42 Å². The maximum Gasteiger partial charge on any atom is 0.257 e. The lowest BCUT2D eigenvalue weighted by atomic mass is 10.1. The van der Waals surface area contributed by atoms with E-state index < -0.39 is 0 Å². The summed E-state index contributed by atoms with van der Waals surface area (Å²) in [6.07, 6.45) is 1.85. The second-order valence-corrected chi connectivity index (χ2v) is 6.19. The third-order valence-electron chi connectivity index (χ3n) is 4.40. The van der Waals surface area contributed by atoms with Crippen molar-refractivity contribution >= 4 is 5.91 Å².